The SMILES string of the molecule is COCCNc1ncnc2c1ncn2[C@@H]1O[C@H](COS(N)(=O)=O)[C@@H](O)[C@H]1O. The standard InChI is InChI=1S/C13H20N6O7S/c1-24-3-2-15-11-8-12(17-5-16-11)19(6-18-8)13-10(21)9(20)7(26-13)4-25-27(14,22)23/h5-7,9-10,13,20-21H,2-4H2,1H3,(H2,14,22,23)(H,15,16,17)/t7-,9-,10-,13-/m1/s1. The van der Waals surface area contributed by atoms with Crippen LogP contribution in [-0.4, -0.2) is 83.3 Å². The minimum atomic E-state index is -4.21. The van der Waals surface area contributed by atoms with Crippen LogP contribution in [0.4, 0.5) is 5.82 Å². The molecule has 0 amide bonds. The Balaban J connectivity index is 1.81. The average molecular weight is 404 g/mol. The molecule has 4 atom stereocenters. The molecule has 0 bridgehead atoms. The Morgan fingerprint density at radius 1 is 1.33 bits per heavy atom. The third-order valence-electron chi connectivity index (χ3n) is 3.97. The van der Waals surface area contributed by atoms with Crippen molar-refractivity contribution >= 4 is 27.3 Å². The number of aliphatic hydroxyl groups is 2. The maximum Gasteiger partial charge on any atom is 0.333 e. The van der Waals surface area contributed by atoms with Crippen LogP contribution >= 0.6 is 0 Å². The highest BCUT2D eigenvalue weighted by Gasteiger charge is 2.44. The number of ether oxygens (including phenoxy) is 2. The van der Waals surface area contributed by atoms with Gasteiger partial charge >= 0.3 is 10.3 Å². The van der Waals surface area contributed by atoms with E-state index in [1.807, 2.05) is 0 Å². The zero-order valence-corrected chi connectivity index (χ0v) is 15.1. The van der Waals surface area contributed by atoms with E-state index in [1.54, 1.807) is 7.11 Å². The molecule has 0 radical (unpaired) electrons. The molecule has 0 spiro atoms. The van der Waals surface area contributed by atoms with E-state index < -0.39 is 41.5 Å². The first-order valence-electron chi connectivity index (χ1n) is 7.91. The van der Waals surface area contributed by atoms with E-state index in [4.69, 9.17) is 14.6 Å². The number of aliphatic hydroxyl groups excluding tert-OH is 2. The van der Waals surface area contributed by atoms with Gasteiger partial charge in [-0.2, -0.15) is 8.42 Å². The molecular formula is C13H20N6O7S. The number of nitrogens with zero attached hydrogens (tertiary/aromatic N) is 4. The molecule has 13 nitrogen and oxygen atoms in total. The highest BCUT2D eigenvalue weighted by molar-refractivity contribution is 7.84. The molecule has 2 aromatic heterocycles. The van der Waals surface area contributed by atoms with Crippen LogP contribution in [0.5, 0.6) is 0 Å². The number of hydrogen-bond donors (Lipinski definition) is 4. The van der Waals surface area contributed by atoms with E-state index in [-0.39, 0.29) is 0 Å². The van der Waals surface area contributed by atoms with Crippen molar-refractivity contribution in [1.82, 2.24) is 19.5 Å². The molecule has 5 N–H and O–H groups in total. The molecule has 0 aromatic carbocycles. The van der Waals surface area contributed by atoms with Crippen LogP contribution in [0, 0.1) is 0 Å². The third-order valence-corrected chi connectivity index (χ3v) is 4.43. The van der Waals surface area contributed by atoms with Gasteiger partial charge in [0.05, 0.1) is 19.5 Å². The Morgan fingerprint density at radius 2 is 2.11 bits per heavy atom. The van der Waals surface area contributed by atoms with E-state index in [0.29, 0.717) is 30.1 Å². The van der Waals surface area contributed by atoms with Crippen molar-refractivity contribution < 1.29 is 32.3 Å². The maximum absolute atomic E-state index is 10.9. The Morgan fingerprint density at radius 3 is 2.81 bits per heavy atom. The second-order valence-corrected chi connectivity index (χ2v) is 7.01. The lowest BCUT2D eigenvalue weighted by molar-refractivity contribution is -0.0467. The van der Waals surface area contributed by atoms with Crippen LogP contribution in [0.15, 0.2) is 12.7 Å². The van der Waals surface area contributed by atoms with E-state index in [0.717, 1.165) is 0 Å². The molecule has 27 heavy (non-hydrogen) atoms. The van der Waals surface area contributed by atoms with Crippen molar-refractivity contribution in [2.24, 2.45) is 5.14 Å². The molecular weight excluding hydrogens is 384 g/mol. The average Bonchev–Trinajstić information content (AvgIpc) is 3.16. The van der Waals surface area contributed by atoms with Crippen molar-refractivity contribution in [3.8, 4) is 0 Å². The monoisotopic (exact) mass is 404 g/mol. The van der Waals surface area contributed by atoms with Crippen molar-refractivity contribution in [3.63, 3.8) is 0 Å². The summed E-state index contributed by atoms with van der Waals surface area (Å²) in [5.74, 6) is 0.470. The summed E-state index contributed by atoms with van der Waals surface area (Å²) < 4.78 is 38.2. The molecule has 14 heteroatoms. The number of nitrogens with two attached hydrogens (primary N) is 1. The minimum absolute atomic E-state index is 0.356. The molecule has 3 heterocycles. The first-order chi connectivity index (χ1) is 12.8. The molecule has 2 aromatic rings. The molecule has 1 aliphatic heterocycles. The molecule has 3 rings (SSSR count). The predicted octanol–water partition coefficient (Wildman–Crippen LogP) is -2.28. The third kappa shape index (κ3) is 4.32. The summed E-state index contributed by atoms with van der Waals surface area (Å²) in [5.41, 5.74) is 0.789. The lowest BCUT2D eigenvalue weighted by Gasteiger charge is -2.16. The Hall–Kier alpha value is -1.94. The van der Waals surface area contributed by atoms with E-state index >= 15 is 0 Å². The van der Waals surface area contributed by atoms with Crippen LogP contribution in [-0.2, 0) is 24.0 Å². The predicted molar refractivity (Wildman–Crippen MR) is 90.7 cm³/mol. The van der Waals surface area contributed by atoms with E-state index in [2.05, 4.69) is 24.5 Å². The summed E-state index contributed by atoms with van der Waals surface area (Å²) in [7, 11) is -2.63. The quantitative estimate of drug-likeness (QED) is 0.348. The highest BCUT2D eigenvalue weighted by atomic mass is 32.2. The summed E-state index contributed by atoms with van der Waals surface area (Å²) in [6, 6.07) is 0. The highest BCUT2D eigenvalue weighted by Crippen LogP contribution is 2.32. The van der Waals surface area contributed by atoms with Gasteiger partial charge in [-0.25, -0.2) is 20.1 Å². The zero-order valence-electron chi connectivity index (χ0n) is 14.3. The van der Waals surface area contributed by atoms with Crippen molar-refractivity contribution in [3.05, 3.63) is 12.7 Å². The Labute approximate surface area is 154 Å². The molecule has 1 saturated heterocycles. The summed E-state index contributed by atoms with van der Waals surface area (Å²) >= 11 is 0. The lowest BCUT2D eigenvalue weighted by Crippen LogP contribution is -2.35. The van der Waals surface area contributed by atoms with Gasteiger partial charge in [-0.3, -0.25) is 8.75 Å². The molecule has 0 aliphatic carbocycles. The number of anilines is 1. The van der Waals surface area contributed by atoms with E-state index in [1.165, 1.54) is 17.2 Å². The van der Waals surface area contributed by atoms with Gasteiger partial charge in [-0.05, 0) is 0 Å². The fourth-order valence-electron chi connectivity index (χ4n) is 2.70. The van der Waals surface area contributed by atoms with Gasteiger partial charge in [0.1, 0.15) is 24.6 Å². The van der Waals surface area contributed by atoms with Gasteiger partial charge in [-0.15, -0.1) is 0 Å². The van der Waals surface area contributed by atoms with Crippen LogP contribution in [0.2, 0.25) is 0 Å². The first kappa shape index (κ1) is 19.8. The molecule has 1 aliphatic rings. The first-order valence-corrected chi connectivity index (χ1v) is 9.38. The largest absolute Gasteiger partial charge is 0.387 e. The lowest BCUT2D eigenvalue weighted by atomic mass is 10.1. The number of nitrogens with one attached hydrogen (secondary N) is 1. The number of methoxy groups -OCH3 is 1. The van der Waals surface area contributed by atoms with Gasteiger partial charge in [0, 0.05) is 13.7 Å². The number of rotatable bonds is 8. The summed E-state index contributed by atoms with van der Waals surface area (Å²) in [5, 5.41) is 28.2. The van der Waals surface area contributed by atoms with Crippen LogP contribution in [0.25, 0.3) is 11.2 Å². The summed E-state index contributed by atoms with van der Waals surface area (Å²) in [6.45, 7) is 0.428. The van der Waals surface area contributed by atoms with Gasteiger partial charge in [-0.1, -0.05) is 0 Å². The number of hydrogen-bond acceptors (Lipinski definition) is 11. The fraction of sp³-hybridized carbons (Fsp3) is 0.615. The molecule has 1 fully saturated rings. The summed E-state index contributed by atoms with van der Waals surface area (Å²) in [6.07, 6.45) is -2.23. The maximum atomic E-state index is 10.9. The molecule has 0 unspecified atom stereocenters. The Kier molecular flexibility index (Phi) is 5.85. The zero-order chi connectivity index (χ0) is 19.6. The molecule has 150 valence electrons. The fourth-order valence-corrected chi connectivity index (χ4v) is 3.02. The number of aromatic nitrogens is 4. The Bertz CT molecular complexity index is 890. The van der Waals surface area contributed by atoms with Gasteiger partial charge < -0.3 is 25.0 Å². The van der Waals surface area contributed by atoms with E-state index in [9.17, 15) is 18.6 Å². The minimum Gasteiger partial charge on any atom is -0.387 e. The van der Waals surface area contributed by atoms with Crippen molar-refractivity contribution in [2.45, 2.75) is 24.5 Å². The summed E-state index contributed by atoms with van der Waals surface area (Å²) in [4.78, 5) is 12.5. The molecule has 0 saturated carbocycles. The van der Waals surface area contributed by atoms with Crippen LogP contribution in [0.3, 0.4) is 0 Å². The van der Waals surface area contributed by atoms with Gasteiger partial charge in [0.25, 0.3) is 0 Å². The second-order valence-electron chi connectivity index (χ2n) is 5.79. The second kappa shape index (κ2) is 7.97. The number of imidazole rings is 1. The van der Waals surface area contributed by atoms with Crippen LogP contribution in [0.1, 0.15) is 6.23 Å². The van der Waals surface area contributed by atoms with Gasteiger partial charge in [0.2, 0.25) is 0 Å². The normalized spacial score (nSPS) is 25.9. The van der Waals surface area contributed by atoms with Crippen molar-refractivity contribution in [2.75, 3.05) is 32.2 Å². The van der Waals surface area contributed by atoms with Crippen molar-refractivity contribution in [1.29, 1.82) is 0 Å². The number of fused-ring (bicyclic) bond motifs is 1. The van der Waals surface area contributed by atoms with Crippen LogP contribution < -0.4 is 10.5 Å². The van der Waals surface area contributed by atoms with Gasteiger partial charge in [0.15, 0.2) is 23.2 Å². The topological polar surface area (TPSA) is 184 Å². The smallest absolute Gasteiger partial charge is 0.333 e.